The lowest BCUT2D eigenvalue weighted by Gasteiger charge is -2.07. The fraction of sp³-hybridized carbons (Fsp3) is 0.636. The number of amides is 1. The summed E-state index contributed by atoms with van der Waals surface area (Å²) in [5, 5.41) is 9.91. The van der Waals surface area contributed by atoms with Crippen LogP contribution < -0.4 is 15.4 Å². The maximum Gasteiger partial charge on any atom is 0.257 e. The van der Waals surface area contributed by atoms with Gasteiger partial charge in [0.25, 0.3) is 5.91 Å². The average Bonchev–Trinajstić information content (AvgIpc) is 2.51. The molecule has 7 heteroatoms. The Labute approximate surface area is 113 Å². The number of carbonyl (C=O) groups excluding carboxylic acids is 1. The lowest BCUT2D eigenvalue weighted by Crippen LogP contribution is -2.33. The number of hydrogen-bond donors (Lipinski definition) is 2. The van der Waals surface area contributed by atoms with Crippen molar-refractivity contribution in [2.24, 2.45) is 7.05 Å². The van der Waals surface area contributed by atoms with Gasteiger partial charge >= 0.3 is 0 Å². The van der Waals surface area contributed by atoms with Crippen molar-refractivity contribution in [2.75, 3.05) is 26.7 Å². The van der Waals surface area contributed by atoms with E-state index in [1.807, 2.05) is 27.9 Å². The number of aromatic nitrogens is 2. The third kappa shape index (κ3) is 4.54. The zero-order valence-corrected chi connectivity index (χ0v) is 12.1. The van der Waals surface area contributed by atoms with Crippen LogP contribution in [0.2, 0.25) is 0 Å². The zero-order valence-electron chi connectivity index (χ0n) is 11.2. The third-order valence-corrected chi connectivity index (χ3v) is 2.49. The molecule has 104 valence electrons. The number of aryl methyl sites for hydroxylation is 2. The molecule has 0 aliphatic carbocycles. The van der Waals surface area contributed by atoms with Crippen molar-refractivity contribution in [1.82, 2.24) is 20.4 Å². The number of hydrogen-bond acceptors (Lipinski definition) is 4. The Kier molecular flexibility index (Phi) is 7.38. The summed E-state index contributed by atoms with van der Waals surface area (Å²) >= 11 is 0. The molecule has 18 heavy (non-hydrogen) atoms. The van der Waals surface area contributed by atoms with Crippen LogP contribution in [0.3, 0.4) is 0 Å². The number of likely N-dealkylation sites (N-methyl/N-ethyl adjacent to an activating group) is 1. The van der Waals surface area contributed by atoms with Crippen LogP contribution in [0.25, 0.3) is 0 Å². The first kappa shape index (κ1) is 16.7. The second kappa shape index (κ2) is 7.94. The highest BCUT2D eigenvalue weighted by Crippen LogP contribution is 2.20. The number of carbonyl (C=O) groups is 1. The van der Waals surface area contributed by atoms with Gasteiger partial charge in [-0.25, -0.2) is 0 Å². The average molecular weight is 277 g/mol. The van der Waals surface area contributed by atoms with Crippen LogP contribution in [0, 0.1) is 13.8 Å². The predicted molar refractivity (Wildman–Crippen MR) is 72.4 cm³/mol. The van der Waals surface area contributed by atoms with Gasteiger partial charge in [-0.3, -0.25) is 9.48 Å². The van der Waals surface area contributed by atoms with Gasteiger partial charge in [-0.2, -0.15) is 5.10 Å². The maximum atomic E-state index is 11.4. The van der Waals surface area contributed by atoms with Gasteiger partial charge in [0.15, 0.2) is 12.4 Å². The van der Waals surface area contributed by atoms with E-state index < -0.39 is 0 Å². The van der Waals surface area contributed by atoms with Crippen LogP contribution in [-0.4, -0.2) is 42.4 Å². The van der Waals surface area contributed by atoms with Crippen molar-refractivity contribution in [3.05, 3.63) is 11.4 Å². The van der Waals surface area contributed by atoms with Gasteiger partial charge < -0.3 is 15.4 Å². The Hall–Kier alpha value is -1.27. The van der Waals surface area contributed by atoms with E-state index in [9.17, 15) is 4.79 Å². The molecule has 0 aliphatic rings. The highest BCUT2D eigenvalue weighted by Gasteiger charge is 2.11. The minimum absolute atomic E-state index is 0. The van der Waals surface area contributed by atoms with Crippen LogP contribution >= 0.6 is 12.4 Å². The standard InChI is InChI=1S/C11H20N4O2.ClH/c1-8-11(9(2)15(4)14-8)17-7-10(16)13-6-5-12-3;/h12H,5-7H2,1-4H3,(H,13,16);1H. The van der Waals surface area contributed by atoms with Gasteiger partial charge in [-0.15, -0.1) is 12.4 Å². The third-order valence-electron chi connectivity index (χ3n) is 2.49. The number of ether oxygens (including phenoxy) is 1. The molecule has 1 aromatic heterocycles. The van der Waals surface area contributed by atoms with E-state index in [-0.39, 0.29) is 24.9 Å². The Balaban J connectivity index is 0.00000289. The highest BCUT2D eigenvalue weighted by molar-refractivity contribution is 5.85. The fourth-order valence-electron chi connectivity index (χ4n) is 1.48. The normalized spacial score (nSPS) is 9.78. The molecule has 0 radical (unpaired) electrons. The largest absolute Gasteiger partial charge is 0.480 e. The molecule has 1 aromatic rings. The molecule has 0 aromatic carbocycles. The number of nitrogens with zero attached hydrogens (tertiary/aromatic N) is 2. The molecule has 0 saturated heterocycles. The topological polar surface area (TPSA) is 68.2 Å². The Morgan fingerprint density at radius 1 is 1.39 bits per heavy atom. The maximum absolute atomic E-state index is 11.4. The molecule has 0 saturated carbocycles. The minimum atomic E-state index is -0.122. The first-order valence-corrected chi connectivity index (χ1v) is 5.60. The lowest BCUT2D eigenvalue weighted by molar-refractivity contribution is -0.123. The van der Waals surface area contributed by atoms with Gasteiger partial charge in [-0.05, 0) is 20.9 Å². The van der Waals surface area contributed by atoms with Crippen molar-refractivity contribution < 1.29 is 9.53 Å². The molecule has 1 heterocycles. The zero-order chi connectivity index (χ0) is 12.8. The SMILES string of the molecule is CNCCNC(=O)COc1c(C)nn(C)c1C.Cl. The van der Waals surface area contributed by atoms with Crippen molar-refractivity contribution in [3.63, 3.8) is 0 Å². The van der Waals surface area contributed by atoms with Crippen LogP contribution in [0.4, 0.5) is 0 Å². The van der Waals surface area contributed by atoms with Crippen LogP contribution in [0.5, 0.6) is 5.75 Å². The van der Waals surface area contributed by atoms with Gasteiger partial charge in [0.1, 0.15) is 5.69 Å². The fourth-order valence-corrected chi connectivity index (χ4v) is 1.48. The van der Waals surface area contributed by atoms with Gasteiger partial charge in [0.05, 0.1) is 5.69 Å². The van der Waals surface area contributed by atoms with E-state index in [0.717, 1.165) is 17.9 Å². The first-order chi connectivity index (χ1) is 8.06. The molecule has 0 atom stereocenters. The minimum Gasteiger partial charge on any atom is -0.480 e. The summed E-state index contributed by atoms with van der Waals surface area (Å²) in [6.45, 7) is 5.15. The second-order valence-corrected chi connectivity index (χ2v) is 3.87. The number of rotatable bonds is 6. The van der Waals surface area contributed by atoms with Crippen LogP contribution in [0.15, 0.2) is 0 Å². The van der Waals surface area contributed by atoms with E-state index in [0.29, 0.717) is 12.3 Å². The molecular formula is C11H21ClN4O2. The highest BCUT2D eigenvalue weighted by atomic mass is 35.5. The summed E-state index contributed by atoms with van der Waals surface area (Å²) in [6, 6.07) is 0. The molecule has 2 N–H and O–H groups in total. The summed E-state index contributed by atoms with van der Waals surface area (Å²) in [5.41, 5.74) is 1.72. The molecule has 0 unspecified atom stereocenters. The molecule has 6 nitrogen and oxygen atoms in total. The Morgan fingerprint density at radius 3 is 2.56 bits per heavy atom. The Morgan fingerprint density at radius 2 is 2.06 bits per heavy atom. The van der Waals surface area contributed by atoms with E-state index in [1.165, 1.54) is 0 Å². The lowest BCUT2D eigenvalue weighted by atomic mass is 10.3. The molecule has 0 aliphatic heterocycles. The van der Waals surface area contributed by atoms with Gasteiger partial charge in [0, 0.05) is 20.1 Å². The predicted octanol–water partition coefficient (Wildman–Crippen LogP) is 0.173. The molecular weight excluding hydrogens is 256 g/mol. The van der Waals surface area contributed by atoms with E-state index in [4.69, 9.17) is 4.74 Å². The molecule has 1 amide bonds. The quantitative estimate of drug-likeness (QED) is 0.727. The first-order valence-electron chi connectivity index (χ1n) is 5.60. The van der Waals surface area contributed by atoms with Crippen molar-refractivity contribution >= 4 is 18.3 Å². The molecule has 0 fully saturated rings. The molecule has 0 spiro atoms. The summed E-state index contributed by atoms with van der Waals surface area (Å²) in [7, 11) is 3.69. The summed E-state index contributed by atoms with van der Waals surface area (Å²) in [6.07, 6.45) is 0. The van der Waals surface area contributed by atoms with Crippen molar-refractivity contribution in [1.29, 1.82) is 0 Å². The van der Waals surface area contributed by atoms with Gasteiger partial charge in [0.2, 0.25) is 0 Å². The second-order valence-electron chi connectivity index (χ2n) is 3.87. The summed E-state index contributed by atoms with van der Waals surface area (Å²) in [4.78, 5) is 11.4. The van der Waals surface area contributed by atoms with Crippen LogP contribution in [-0.2, 0) is 11.8 Å². The smallest absolute Gasteiger partial charge is 0.257 e. The number of halogens is 1. The van der Waals surface area contributed by atoms with E-state index in [2.05, 4.69) is 15.7 Å². The Bertz CT molecular complexity index is 393. The van der Waals surface area contributed by atoms with E-state index >= 15 is 0 Å². The van der Waals surface area contributed by atoms with Crippen molar-refractivity contribution in [3.8, 4) is 5.75 Å². The summed E-state index contributed by atoms with van der Waals surface area (Å²) in [5.74, 6) is 0.569. The number of nitrogens with one attached hydrogen (secondary N) is 2. The summed E-state index contributed by atoms with van der Waals surface area (Å²) < 4.78 is 7.20. The van der Waals surface area contributed by atoms with Crippen LogP contribution in [0.1, 0.15) is 11.4 Å². The molecule has 1 rings (SSSR count). The monoisotopic (exact) mass is 276 g/mol. The van der Waals surface area contributed by atoms with Crippen molar-refractivity contribution in [2.45, 2.75) is 13.8 Å². The van der Waals surface area contributed by atoms with Gasteiger partial charge in [-0.1, -0.05) is 0 Å². The molecule has 0 bridgehead atoms. The van der Waals surface area contributed by atoms with E-state index in [1.54, 1.807) is 4.68 Å².